The summed E-state index contributed by atoms with van der Waals surface area (Å²) in [7, 11) is 0. The predicted octanol–water partition coefficient (Wildman–Crippen LogP) is 1.58. The number of aromatic nitrogens is 1. The van der Waals surface area contributed by atoms with Crippen LogP contribution in [0.15, 0.2) is 12.3 Å². The molecule has 0 saturated carbocycles. The average molecular weight is 155 g/mol. The maximum Gasteiger partial charge on any atom is 0.150 e. The number of aliphatic hydroxyl groups is 1. The van der Waals surface area contributed by atoms with Crippen LogP contribution in [0.5, 0.6) is 0 Å². The summed E-state index contributed by atoms with van der Waals surface area (Å²) >= 11 is 0. The fourth-order valence-corrected chi connectivity index (χ4v) is 0.852. The lowest BCUT2D eigenvalue weighted by molar-refractivity contribution is 0.188. The van der Waals surface area contributed by atoms with E-state index in [0.717, 1.165) is 0 Å². The second-order valence-electron chi connectivity index (χ2n) is 2.50. The van der Waals surface area contributed by atoms with Crippen LogP contribution in [0, 0.1) is 12.7 Å². The minimum atomic E-state index is -0.838. The van der Waals surface area contributed by atoms with Gasteiger partial charge >= 0.3 is 0 Å². The number of nitrogens with zero attached hydrogens (tertiary/aromatic N) is 1. The molecule has 2 nitrogen and oxygen atoms in total. The predicted molar refractivity (Wildman–Crippen MR) is 39.6 cm³/mol. The van der Waals surface area contributed by atoms with Crippen molar-refractivity contribution in [3.05, 3.63) is 29.3 Å². The molecule has 0 amide bonds. The lowest BCUT2D eigenvalue weighted by Crippen LogP contribution is -2.00. The molecule has 0 radical (unpaired) electrons. The summed E-state index contributed by atoms with van der Waals surface area (Å²) in [4.78, 5) is 3.71. The maximum absolute atomic E-state index is 13.0. The lowest BCUT2D eigenvalue weighted by Gasteiger charge is -2.05. The number of aliphatic hydroxyl groups excluding tert-OH is 1. The van der Waals surface area contributed by atoms with Crippen molar-refractivity contribution in [2.45, 2.75) is 20.0 Å². The van der Waals surface area contributed by atoms with Crippen LogP contribution in [0.2, 0.25) is 0 Å². The Bertz CT molecular complexity index is 260. The number of pyridine rings is 1. The molecule has 1 unspecified atom stereocenters. The number of halogens is 1. The molecule has 1 N–H and O–H groups in total. The second-order valence-corrected chi connectivity index (χ2v) is 2.50. The Morgan fingerprint density at radius 3 is 2.73 bits per heavy atom. The summed E-state index contributed by atoms with van der Waals surface area (Å²) in [6.07, 6.45) is 0.649. The number of hydrogen-bond donors (Lipinski definition) is 1. The van der Waals surface area contributed by atoms with Crippen LogP contribution >= 0.6 is 0 Å². The fraction of sp³-hybridized carbons (Fsp3) is 0.375. The van der Waals surface area contributed by atoms with Gasteiger partial charge in [0, 0.05) is 6.20 Å². The van der Waals surface area contributed by atoms with E-state index in [9.17, 15) is 4.39 Å². The zero-order chi connectivity index (χ0) is 8.43. The third-order valence-electron chi connectivity index (χ3n) is 1.50. The Balaban J connectivity index is 3.17. The van der Waals surface area contributed by atoms with Crippen LogP contribution in [-0.2, 0) is 0 Å². The minimum Gasteiger partial charge on any atom is -0.387 e. The van der Waals surface area contributed by atoms with E-state index in [-0.39, 0.29) is 5.69 Å². The molecule has 3 heteroatoms. The first-order chi connectivity index (χ1) is 5.13. The zero-order valence-electron chi connectivity index (χ0n) is 6.50. The van der Waals surface area contributed by atoms with Crippen molar-refractivity contribution in [3.8, 4) is 0 Å². The molecule has 0 aliphatic heterocycles. The van der Waals surface area contributed by atoms with Crippen LogP contribution in [0.25, 0.3) is 0 Å². The van der Waals surface area contributed by atoms with Gasteiger partial charge < -0.3 is 5.11 Å². The van der Waals surface area contributed by atoms with Crippen molar-refractivity contribution in [1.82, 2.24) is 4.98 Å². The number of hydrogen-bond acceptors (Lipinski definition) is 2. The van der Waals surface area contributed by atoms with E-state index in [1.54, 1.807) is 13.0 Å². The first-order valence-electron chi connectivity index (χ1n) is 3.42. The van der Waals surface area contributed by atoms with E-state index in [2.05, 4.69) is 4.98 Å². The highest BCUT2D eigenvalue weighted by Gasteiger charge is 2.10. The van der Waals surface area contributed by atoms with Crippen molar-refractivity contribution in [2.75, 3.05) is 0 Å². The van der Waals surface area contributed by atoms with Crippen molar-refractivity contribution in [2.24, 2.45) is 0 Å². The molecule has 0 aromatic carbocycles. The highest BCUT2D eigenvalue weighted by atomic mass is 19.1. The smallest absolute Gasteiger partial charge is 0.150 e. The van der Waals surface area contributed by atoms with Gasteiger partial charge in [0.2, 0.25) is 0 Å². The third kappa shape index (κ3) is 1.54. The molecule has 0 aliphatic rings. The van der Waals surface area contributed by atoms with E-state index in [1.807, 2.05) is 0 Å². The van der Waals surface area contributed by atoms with Crippen LogP contribution in [0.3, 0.4) is 0 Å². The Morgan fingerprint density at radius 1 is 1.64 bits per heavy atom. The maximum atomic E-state index is 13.0. The Kier molecular flexibility index (Phi) is 2.19. The van der Waals surface area contributed by atoms with E-state index < -0.39 is 11.9 Å². The average Bonchev–Trinajstić information content (AvgIpc) is 1.94. The molecular weight excluding hydrogens is 145 g/mol. The van der Waals surface area contributed by atoms with Crippen molar-refractivity contribution >= 4 is 0 Å². The second kappa shape index (κ2) is 2.96. The Labute approximate surface area is 64.7 Å². The van der Waals surface area contributed by atoms with E-state index in [0.29, 0.717) is 5.56 Å². The van der Waals surface area contributed by atoms with Gasteiger partial charge in [-0.05, 0) is 25.5 Å². The zero-order valence-corrected chi connectivity index (χ0v) is 6.50. The van der Waals surface area contributed by atoms with Crippen molar-refractivity contribution in [1.29, 1.82) is 0 Å². The molecule has 1 atom stereocenters. The highest BCUT2D eigenvalue weighted by molar-refractivity contribution is 5.18. The van der Waals surface area contributed by atoms with E-state index in [1.165, 1.54) is 13.1 Å². The largest absolute Gasteiger partial charge is 0.387 e. The molecule has 0 saturated heterocycles. The molecule has 1 aromatic rings. The quantitative estimate of drug-likeness (QED) is 0.668. The molecule has 0 fully saturated rings. The topological polar surface area (TPSA) is 33.1 Å². The van der Waals surface area contributed by atoms with E-state index in [4.69, 9.17) is 5.11 Å². The molecular formula is C8H10FNO. The summed E-state index contributed by atoms with van der Waals surface area (Å²) in [5, 5.41) is 9.03. The normalized spacial score (nSPS) is 13.1. The Morgan fingerprint density at radius 2 is 2.27 bits per heavy atom. The van der Waals surface area contributed by atoms with Gasteiger partial charge in [-0.25, -0.2) is 4.39 Å². The molecule has 60 valence electrons. The van der Waals surface area contributed by atoms with Crippen molar-refractivity contribution < 1.29 is 9.50 Å². The standard InChI is InChI=1S/C8H10FNO/c1-5-3-4-10-8(6(2)11)7(5)9/h3-4,6,11H,1-2H3. The number of rotatable bonds is 1. The molecule has 0 aliphatic carbocycles. The van der Waals surface area contributed by atoms with Gasteiger partial charge in [-0.1, -0.05) is 0 Å². The summed E-state index contributed by atoms with van der Waals surface area (Å²) in [5.41, 5.74) is 0.626. The minimum absolute atomic E-state index is 0.116. The molecule has 11 heavy (non-hydrogen) atoms. The third-order valence-corrected chi connectivity index (χ3v) is 1.50. The monoisotopic (exact) mass is 155 g/mol. The van der Waals surface area contributed by atoms with Gasteiger partial charge in [0.1, 0.15) is 11.5 Å². The van der Waals surface area contributed by atoms with Gasteiger partial charge in [-0.3, -0.25) is 4.98 Å². The van der Waals surface area contributed by atoms with Gasteiger partial charge in [0.05, 0.1) is 6.10 Å². The van der Waals surface area contributed by atoms with Crippen molar-refractivity contribution in [3.63, 3.8) is 0 Å². The first kappa shape index (κ1) is 8.14. The van der Waals surface area contributed by atoms with Crippen LogP contribution in [-0.4, -0.2) is 10.1 Å². The van der Waals surface area contributed by atoms with Crippen LogP contribution in [0.4, 0.5) is 4.39 Å². The van der Waals surface area contributed by atoms with Gasteiger partial charge in [0.15, 0.2) is 0 Å². The van der Waals surface area contributed by atoms with Gasteiger partial charge in [-0.2, -0.15) is 0 Å². The first-order valence-corrected chi connectivity index (χ1v) is 3.42. The molecule has 1 aromatic heterocycles. The van der Waals surface area contributed by atoms with Crippen LogP contribution < -0.4 is 0 Å². The van der Waals surface area contributed by atoms with Gasteiger partial charge in [-0.15, -0.1) is 0 Å². The summed E-state index contributed by atoms with van der Waals surface area (Å²) in [6, 6.07) is 1.57. The van der Waals surface area contributed by atoms with Crippen LogP contribution in [0.1, 0.15) is 24.3 Å². The summed E-state index contributed by atoms with van der Waals surface area (Å²) in [5.74, 6) is -0.414. The fourth-order valence-electron chi connectivity index (χ4n) is 0.852. The molecule has 1 rings (SSSR count). The van der Waals surface area contributed by atoms with Gasteiger partial charge in [0.25, 0.3) is 0 Å². The molecule has 0 bridgehead atoms. The highest BCUT2D eigenvalue weighted by Crippen LogP contribution is 2.15. The molecule has 1 heterocycles. The summed E-state index contributed by atoms with van der Waals surface area (Å²) in [6.45, 7) is 3.13. The lowest BCUT2D eigenvalue weighted by atomic mass is 10.2. The molecule has 0 spiro atoms. The summed E-state index contributed by atoms with van der Waals surface area (Å²) < 4.78 is 13.0. The SMILES string of the molecule is Cc1ccnc(C(C)O)c1F. The number of aryl methyl sites for hydroxylation is 1. The Hall–Kier alpha value is -0.960. The van der Waals surface area contributed by atoms with E-state index >= 15 is 0 Å².